The van der Waals surface area contributed by atoms with Crippen molar-refractivity contribution in [3.05, 3.63) is 58.4 Å². The largest absolute Gasteiger partial charge is 0.461 e. The molecule has 19 heavy (non-hydrogen) atoms. The maximum absolute atomic E-state index is 12.3. The minimum atomic E-state index is -0.422. The van der Waals surface area contributed by atoms with Crippen LogP contribution in [0.25, 0.3) is 0 Å². The van der Waals surface area contributed by atoms with Crippen LogP contribution in [-0.4, -0.2) is 23.3 Å². The molecule has 4 nitrogen and oxygen atoms in total. The number of nitrogens with one attached hydrogen (secondary N) is 1. The van der Waals surface area contributed by atoms with Crippen molar-refractivity contribution in [1.82, 2.24) is 4.98 Å². The van der Waals surface area contributed by atoms with E-state index in [4.69, 9.17) is 4.74 Å². The molecule has 2 aromatic rings. The van der Waals surface area contributed by atoms with Crippen LogP contribution in [0.1, 0.15) is 44.6 Å². The molecule has 0 aliphatic heterocycles. The van der Waals surface area contributed by atoms with Gasteiger partial charge in [-0.25, -0.2) is 4.79 Å². The molecule has 0 unspecified atom stereocenters. The van der Waals surface area contributed by atoms with Gasteiger partial charge in [0.25, 0.3) is 0 Å². The van der Waals surface area contributed by atoms with Gasteiger partial charge < -0.3 is 9.72 Å². The monoisotopic (exact) mass is 255 g/mol. The fourth-order valence-corrected chi connectivity index (χ4v) is 2.39. The van der Waals surface area contributed by atoms with Crippen molar-refractivity contribution >= 4 is 11.8 Å². The van der Waals surface area contributed by atoms with Crippen molar-refractivity contribution in [1.29, 1.82) is 0 Å². The van der Waals surface area contributed by atoms with E-state index >= 15 is 0 Å². The molecule has 0 saturated carbocycles. The first-order valence-electron chi connectivity index (χ1n) is 6.22. The molecule has 3 rings (SSSR count). The zero-order valence-corrected chi connectivity index (χ0v) is 10.5. The Kier molecular flexibility index (Phi) is 2.71. The van der Waals surface area contributed by atoms with E-state index in [-0.39, 0.29) is 5.78 Å². The highest BCUT2D eigenvalue weighted by Crippen LogP contribution is 2.27. The summed E-state index contributed by atoms with van der Waals surface area (Å²) in [5, 5.41) is 0. The second-order valence-corrected chi connectivity index (χ2v) is 4.47. The van der Waals surface area contributed by atoms with Crippen LogP contribution in [0.15, 0.2) is 30.3 Å². The summed E-state index contributed by atoms with van der Waals surface area (Å²) in [6.45, 7) is 2.07. The number of esters is 1. The third-order valence-corrected chi connectivity index (χ3v) is 3.26. The summed E-state index contributed by atoms with van der Waals surface area (Å²) in [4.78, 5) is 26.9. The molecule has 1 aromatic carbocycles. The number of aromatic nitrogens is 1. The number of rotatable bonds is 2. The van der Waals surface area contributed by atoms with Crippen LogP contribution < -0.4 is 0 Å². The molecular weight excluding hydrogens is 242 g/mol. The standard InChI is InChI=1S/C15H13NO3/c1-2-19-15(18)12-8-10-7-9-5-3-4-6-11(9)14(17)13(10)16-12/h3-6,8,16H,2,7H2,1H3. The van der Waals surface area contributed by atoms with E-state index in [1.807, 2.05) is 24.3 Å². The van der Waals surface area contributed by atoms with Crippen LogP contribution >= 0.6 is 0 Å². The van der Waals surface area contributed by atoms with Crippen molar-refractivity contribution < 1.29 is 14.3 Å². The number of ketones is 1. The number of hydrogen-bond donors (Lipinski definition) is 1. The molecule has 1 aliphatic carbocycles. The lowest BCUT2D eigenvalue weighted by Gasteiger charge is -2.14. The van der Waals surface area contributed by atoms with Gasteiger partial charge in [-0.1, -0.05) is 24.3 Å². The number of benzene rings is 1. The summed E-state index contributed by atoms with van der Waals surface area (Å²) < 4.78 is 4.94. The summed E-state index contributed by atoms with van der Waals surface area (Å²) in [7, 11) is 0. The minimum Gasteiger partial charge on any atom is -0.461 e. The first-order valence-corrected chi connectivity index (χ1v) is 6.22. The van der Waals surface area contributed by atoms with Crippen molar-refractivity contribution in [3.8, 4) is 0 Å². The van der Waals surface area contributed by atoms with Crippen molar-refractivity contribution in [3.63, 3.8) is 0 Å². The lowest BCUT2D eigenvalue weighted by atomic mass is 9.89. The number of ether oxygens (including phenoxy) is 1. The molecule has 1 N–H and O–H groups in total. The van der Waals surface area contributed by atoms with Crippen LogP contribution in [0.4, 0.5) is 0 Å². The van der Waals surface area contributed by atoms with Gasteiger partial charge in [0.05, 0.1) is 12.3 Å². The Labute approximate surface area is 110 Å². The van der Waals surface area contributed by atoms with Crippen LogP contribution in [-0.2, 0) is 11.2 Å². The van der Waals surface area contributed by atoms with Gasteiger partial charge in [-0.2, -0.15) is 0 Å². The second-order valence-electron chi connectivity index (χ2n) is 4.47. The predicted molar refractivity (Wildman–Crippen MR) is 69.4 cm³/mol. The first kappa shape index (κ1) is 11.7. The molecular formula is C15H13NO3. The topological polar surface area (TPSA) is 59.2 Å². The zero-order valence-electron chi connectivity index (χ0n) is 10.5. The summed E-state index contributed by atoms with van der Waals surface area (Å²) in [5.74, 6) is -0.485. The molecule has 0 radical (unpaired) electrons. The van der Waals surface area contributed by atoms with E-state index in [1.54, 1.807) is 13.0 Å². The fourth-order valence-electron chi connectivity index (χ4n) is 2.39. The molecule has 1 heterocycles. The quantitative estimate of drug-likeness (QED) is 0.715. The van der Waals surface area contributed by atoms with Crippen molar-refractivity contribution in [2.75, 3.05) is 6.61 Å². The van der Waals surface area contributed by atoms with Crippen LogP contribution in [0, 0.1) is 0 Å². The lowest BCUT2D eigenvalue weighted by Crippen LogP contribution is -2.14. The molecule has 0 amide bonds. The van der Waals surface area contributed by atoms with E-state index in [9.17, 15) is 9.59 Å². The maximum atomic E-state index is 12.3. The molecule has 0 saturated heterocycles. The zero-order chi connectivity index (χ0) is 13.4. The van der Waals surface area contributed by atoms with Gasteiger partial charge in [0, 0.05) is 12.0 Å². The number of H-pyrrole nitrogens is 1. The summed E-state index contributed by atoms with van der Waals surface area (Å²) in [6.07, 6.45) is 0.660. The number of carbonyl (C=O) groups is 2. The van der Waals surface area contributed by atoms with E-state index < -0.39 is 5.97 Å². The SMILES string of the molecule is CCOC(=O)c1cc2c([nH]1)C(=O)c1ccccc1C2. The highest BCUT2D eigenvalue weighted by Gasteiger charge is 2.26. The normalized spacial score (nSPS) is 12.8. The van der Waals surface area contributed by atoms with Crippen molar-refractivity contribution in [2.45, 2.75) is 13.3 Å². The smallest absolute Gasteiger partial charge is 0.354 e. The Balaban J connectivity index is 2.02. The number of aromatic amines is 1. The summed E-state index contributed by atoms with van der Waals surface area (Å²) in [6, 6.07) is 9.22. The number of carbonyl (C=O) groups excluding carboxylic acids is 2. The van der Waals surface area contributed by atoms with Gasteiger partial charge >= 0.3 is 5.97 Å². The third kappa shape index (κ3) is 1.85. The van der Waals surface area contributed by atoms with E-state index in [1.165, 1.54) is 0 Å². The van der Waals surface area contributed by atoms with Gasteiger partial charge in [0.15, 0.2) is 0 Å². The van der Waals surface area contributed by atoms with Gasteiger partial charge in [-0.3, -0.25) is 4.79 Å². The maximum Gasteiger partial charge on any atom is 0.354 e. The summed E-state index contributed by atoms with van der Waals surface area (Å²) >= 11 is 0. The fraction of sp³-hybridized carbons (Fsp3) is 0.200. The average Bonchev–Trinajstić information content (AvgIpc) is 2.84. The Hall–Kier alpha value is -2.36. The van der Waals surface area contributed by atoms with E-state index in [0.29, 0.717) is 30.0 Å². The number of fused-ring (bicyclic) bond motifs is 2. The third-order valence-electron chi connectivity index (χ3n) is 3.26. The molecule has 0 bridgehead atoms. The van der Waals surface area contributed by atoms with Crippen LogP contribution in [0.2, 0.25) is 0 Å². The highest BCUT2D eigenvalue weighted by molar-refractivity contribution is 6.12. The van der Waals surface area contributed by atoms with E-state index in [2.05, 4.69) is 4.98 Å². The van der Waals surface area contributed by atoms with Gasteiger partial charge in [0.1, 0.15) is 5.69 Å². The average molecular weight is 255 g/mol. The van der Waals surface area contributed by atoms with Gasteiger partial charge in [-0.15, -0.1) is 0 Å². The van der Waals surface area contributed by atoms with Crippen molar-refractivity contribution in [2.24, 2.45) is 0 Å². The molecule has 96 valence electrons. The molecule has 4 heteroatoms. The Morgan fingerprint density at radius 3 is 2.89 bits per heavy atom. The molecule has 1 aliphatic rings. The van der Waals surface area contributed by atoms with Crippen LogP contribution in [0.5, 0.6) is 0 Å². The minimum absolute atomic E-state index is 0.0626. The molecule has 1 aromatic heterocycles. The van der Waals surface area contributed by atoms with Gasteiger partial charge in [0.2, 0.25) is 5.78 Å². The highest BCUT2D eigenvalue weighted by atomic mass is 16.5. The Morgan fingerprint density at radius 2 is 2.11 bits per heavy atom. The summed E-state index contributed by atoms with van der Waals surface area (Å²) in [5.41, 5.74) is 3.39. The Bertz CT molecular complexity index is 670. The van der Waals surface area contributed by atoms with Crippen LogP contribution in [0.3, 0.4) is 0 Å². The first-order chi connectivity index (χ1) is 9.20. The second kappa shape index (κ2) is 4.39. The Morgan fingerprint density at radius 1 is 1.32 bits per heavy atom. The molecule has 0 fully saturated rings. The van der Waals surface area contributed by atoms with Gasteiger partial charge in [-0.05, 0) is 24.1 Å². The molecule has 0 spiro atoms. The lowest BCUT2D eigenvalue weighted by molar-refractivity contribution is 0.0520. The predicted octanol–water partition coefficient (Wildman–Crippen LogP) is 2.33. The number of hydrogen-bond acceptors (Lipinski definition) is 3. The van der Waals surface area contributed by atoms with E-state index in [0.717, 1.165) is 11.1 Å². The molecule has 0 atom stereocenters.